The second-order valence-electron chi connectivity index (χ2n) is 2.79. The molecule has 0 amide bonds. The van der Waals surface area contributed by atoms with Crippen LogP contribution in [0.5, 0.6) is 0 Å². The van der Waals surface area contributed by atoms with E-state index >= 15 is 0 Å². The molecule has 0 aliphatic carbocycles. The molecule has 0 N–H and O–H groups in total. The number of halogens is 1. The van der Waals surface area contributed by atoms with Crippen LogP contribution in [0, 0.1) is 0 Å². The van der Waals surface area contributed by atoms with Gasteiger partial charge in [0.05, 0.1) is 0 Å². The monoisotopic (exact) mass is 194 g/mol. The Morgan fingerprint density at radius 1 is 1.46 bits per heavy atom. The van der Waals surface area contributed by atoms with Crippen LogP contribution in [0.3, 0.4) is 0 Å². The van der Waals surface area contributed by atoms with Gasteiger partial charge in [0.2, 0.25) is 0 Å². The minimum absolute atomic E-state index is 0.653. The molecule has 0 saturated heterocycles. The summed E-state index contributed by atoms with van der Waals surface area (Å²) in [6, 6.07) is 5.47. The van der Waals surface area contributed by atoms with Gasteiger partial charge in [0, 0.05) is 10.6 Å². The Morgan fingerprint density at radius 2 is 2.15 bits per heavy atom. The highest BCUT2D eigenvalue weighted by Gasteiger charge is 1.92. The lowest BCUT2D eigenvalue weighted by molar-refractivity contribution is 0.112. The molecule has 68 valence electrons. The number of carbonyl (C=O) groups is 1. The first-order valence-corrected chi connectivity index (χ1v) is 4.45. The molecule has 13 heavy (non-hydrogen) atoms. The summed E-state index contributed by atoms with van der Waals surface area (Å²) in [7, 11) is 0. The molecule has 0 heterocycles. The van der Waals surface area contributed by atoms with Crippen LogP contribution in [0.1, 0.15) is 24.2 Å². The van der Waals surface area contributed by atoms with Crippen molar-refractivity contribution in [3.05, 3.63) is 34.2 Å². The van der Waals surface area contributed by atoms with Gasteiger partial charge < -0.3 is 0 Å². The molecule has 1 rings (SSSR count). The van der Waals surface area contributed by atoms with E-state index in [1.54, 1.807) is 12.1 Å². The van der Waals surface area contributed by atoms with E-state index in [0.29, 0.717) is 10.6 Å². The maximum Gasteiger partial charge on any atom is 0.150 e. The zero-order valence-electron chi connectivity index (χ0n) is 7.67. The third-order valence-electron chi connectivity index (χ3n) is 1.90. The molecular formula is C11H11ClO. The van der Waals surface area contributed by atoms with E-state index < -0.39 is 0 Å². The van der Waals surface area contributed by atoms with Crippen molar-refractivity contribution in [1.29, 1.82) is 0 Å². The van der Waals surface area contributed by atoms with Crippen LogP contribution in [-0.4, -0.2) is 6.29 Å². The summed E-state index contributed by atoms with van der Waals surface area (Å²) in [6.45, 7) is 3.76. The molecule has 2 heteroatoms. The zero-order chi connectivity index (χ0) is 9.84. The van der Waals surface area contributed by atoms with E-state index in [1.807, 2.05) is 26.0 Å². The number of hydrogen-bond acceptors (Lipinski definition) is 1. The average Bonchev–Trinajstić information content (AvgIpc) is 2.16. The zero-order valence-corrected chi connectivity index (χ0v) is 8.43. The molecule has 1 aromatic carbocycles. The Bertz CT molecular complexity index is 428. The predicted octanol–water partition coefficient (Wildman–Crippen LogP) is 1.67. The van der Waals surface area contributed by atoms with Crippen LogP contribution >= 0.6 is 11.6 Å². The molecule has 0 spiro atoms. The molecule has 0 bridgehead atoms. The van der Waals surface area contributed by atoms with E-state index in [-0.39, 0.29) is 0 Å². The van der Waals surface area contributed by atoms with Crippen molar-refractivity contribution in [2.45, 2.75) is 13.8 Å². The molecule has 1 aromatic rings. The van der Waals surface area contributed by atoms with Crippen molar-refractivity contribution in [3.8, 4) is 0 Å². The number of rotatable bonds is 1. The summed E-state index contributed by atoms with van der Waals surface area (Å²) in [5.74, 6) is 0. The lowest BCUT2D eigenvalue weighted by Crippen LogP contribution is -2.25. The van der Waals surface area contributed by atoms with Crippen LogP contribution in [0.2, 0.25) is 0 Å². The first-order chi connectivity index (χ1) is 6.19. The van der Waals surface area contributed by atoms with Crippen molar-refractivity contribution in [3.63, 3.8) is 0 Å². The smallest absolute Gasteiger partial charge is 0.150 e. The van der Waals surface area contributed by atoms with Gasteiger partial charge in [0.15, 0.2) is 0 Å². The van der Waals surface area contributed by atoms with Crippen molar-refractivity contribution < 1.29 is 4.79 Å². The quantitative estimate of drug-likeness (QED) is 0.622. The van der Waals surface area contributed by atoms with Crippen molar-refractivity contribution in [1.82, 2.24) is 0 Å². The summed E-state index contributed by atoms with van der Waals surface area (Å²) < 4.78 is 0. The predicted molar refractivity (Wildman–Crippen MR) is 56.2 cm³/mol. The number of hydrogen-bond donors (Lipinski definition) is 0. The maximum atomic E-state index is 10.5. The van der Waals surface area contributed by atoms with Gasteiger partial charge in [-0.25, -0.2) is 0 Å². The van der Waals surface area contributed by atoms with Gasteiger partial charge in [0.1, 0.15) is 6.29 Å². The fraction of sp³-hybridized carbons (Fsp3) is 0.182. The molecule has 0 aromatic heterocycles. The third kappa shape index (κ3) is 2.19. The molecule has 0 aliphatic rings. The highest BCUT2D eigenvalue weighted by Crippen LogP contribution is 1.95. The molecular weight excluding hydrogens is 184 g/mol. The van der Waals surface area contributed by atoms with Crippen molar-refractivity contribution in [2.24, 2.45) is 0 Å². The van der Waals surface area contributed by atoms with E-state index in [9.17, 15) is 4.79 Å². The minimum Gasteiger partial charge on any atom is -0.298 e. The second kappa shape index (κ2) is 4.24. The summed E-state index contributed by atoms with van der Waals surface area (Å²) >= 11 is 5.90. The van der Waals surface area contributed by atoms with Crippen LogP contribution in [-0.2, 0) is 0 Å². The van der Waals surface area contributed by atoms with Crippen LogP contribution in [0.15, 0.2) is 18.2 Å². The fourth-order valence-corrected chi connectivity index (χ4v) is 1.36. The second-order valence-corrected chi connectivity index (χ2v) is 3.35. The third-order valence-corrected chi connectivity index (χ3v) is 2.10. The highest BCUT2D eigenvalue weighted by atomic mass is 35.5. The summed E-state index contributed by atoms with van der Waals surface area (Å²) in [5.41, 5.74) is 0.653. The molecule has 0 aliphatic heterocycles. The largest absolute Gasteiger partial charge is 0.298 e. The van der Waals surface area contributed by atoms with Crippen LogP contribution in [0.4, 0.5) is 0 Å². The Morgan fingerprint density at radius 3 is 2.62 bits per heavy atom. The van der Waals surface area contributed by atoms with E-state index in [1.165, 1.54) is 0 Å². The Balaban J connectivity index is 3.65. The molecule has 0 atom stereocenters. The summed E-state index contributed by atoms with van der Waals surface area (Å²) in [6.07, 6.45) is 2.79. The number of benzene rings is 1. The van der Waals surface area contributed by atoms with Crippen molar-refractivity contribution in [2.75, 3.05) is 0 Å². The van der Waals surface area contributed by atoms with E-state index in [4.69, 9.17) is 11.6 Å². The van der Waals surface area contributed by atoms with Gasteiger partial charge in [-0.3, -0.25) is 4.79 Å². The Kier molecular flexibility index (Phi) is 3.26. The van der Waals surface area contributed by atoms with E-state index in [2.05, 4.69) is 0 Å². The summed E-state index contributed by atoms with van der Waals surface area (Å²) in [4.78, 5) is 10.5. The van der Waals surface area contributed by atoms with Gasteiger partial charge in [-0.15, -0.1) is 0 Å². The summed E-state index contributed by atoms with van der Waals surface area (Å²) in [5, 5.41) is 2.68. The lowest BCUT2D eigenvalue weighted by atomic mass is 10.1. The van der Waals surface area contributed by atoms with Gasteiger partial charge in [-0.2, -0.15) is 0 Å². The van der Waals surface area contributed by atoms with Gasteiger partial charge in [-0.1, -0.05) is 29.8 Å². The van der Waals surface area contributed by atoms with Gasteiger partial charge in [0.25, 0.3) is 0 Å². The molecule has 0 radical (unpaired) electrons. The first-order valence-electron chi connectivity index (χ1n) is 4.07. The number of carbonyl (C=O) groups excluding carboxylic acids is 1. The Hall–Kier alpha value is -1.08. The fourth-order valence-electron chi connectivity index (χ4n) is 1.20. The van der Waals surface area contributed by atoms with Gasteiger partial charge >= 0.3 is 0 Å². The maximum absolute atomic E-state index is 10.5. The standard InChI is InChI=1S/C11H11ClO/c1-3-10-5-4-9(7-13)6-11(10)8(2)12/h3-7H,1-2H3. The first kappa shape index (κ1) is 10.0. The average molecular weight is 195 g/mol. The number of aldehydes is 1. The molecule has 0 saturated carbocycles. The topological polar surface area (TPSA) is 17.1 Å². The molecule has 0 fully saturated rings. The SMILES string of the molecule is CC=c1ccc(C=O)cc1=C(C)Cl. The van der Waals surface area contributed by atoms with E-state index in [0.717, 1.165) is 16.7 Å². The normalized spacial score (nSPS) is 14.2. The minimum atomic E-state index is 0.653. The van der Waals surface area contributed by atoms with Crippen molar-refractivity contribution >= 4 is 29.0 Å². The molecule has 0 unspecified atom stereocenters. The van der Waals surface area contributed by atoms with Gasteiger partial charge in [-0.05, 0) is 30.4 Å². The van der Waals surface area contributed by atoms with Crippen LogP contribution in [0.25, 0.3) is 11.1 Å². The van der Waals surface area contributed by atoms with Crippen LogP contribution < -0.4 is 10.4 Å². The Labute approximate surface area is 82.3 Å². The lowest BCUT2D eigenvalue weighted by Gasteiger charge is -1.94. The highest BCUT2D eigenvalue weighted by molar-refractivity contribution is 6.44. The molecule has 1 nitrogen and oxygen atoms in total.